The third kappa shape index (κ3) is 3.42. The van der Waals surface area contributed by atoms with Crippen LogP contribution < -0.4 is 4.46 Å². The molecule has 1 unspecified atom stereocenters. The molecular weight excluding hydrogens is 369 g/mol. The van der Waals surface area contributed by atoms with Gasteiger partial charge in [0.1, 0.15) is 0 Å². The maximum atomic E-state index is 2.52. The number of rotatable bonds is 5. The van der Waals surface area contributed by atoms with E-state index in [9.17, 15) is 0 Å². The van der Waals surface area contributed by atoms with Crippen molar-refractivity contribution >= 4 is 30.3 Å². The van der Waals surface area contributed by atoms with Crippen LogP contribution in [0.2, 0.25) is 5.32 Å². The second-order valence-corrected chi connectivity index (χ2v) is 8.56. The van der Waals surface area contributed by atoms with E-state index in [0.29, 0.717) is 21.0 Å². The van der Waals surface area contributed by atoms with Crippen molar-refractivity contribution in [3.8, 4) is 0 Å². The van der Waals surface area contributed by atoms with Crippen LogP contribution in [0.15, 0.2) is 91.0 Å². The molecule has 0 aliphatic heterocycles. The molecule has 25 heavy (non-hydrogen) atoms. The zero-order valence-electron chi connectivity index (χ0n) is 14.3. The van der Waals surface area contributed by atoms with E-state index >= 15 is 0 Å². The zero-order valence-corrected chi connectivity index (χ0v) is 16.0. The molecular formula is C23H21NSe. The first-order chi connectivity index (χ1) is 12.3. The summed E-state index contributed by atoms with van der Waals surface area (Å²) in [7, 11) is 0. The van der Waals surface area contributed by atoms with E-state index in [1.165, 1.54) is 26.6 Å². The van der Waals surface area contributed by atoms with Crippen molar-refractivity contribution in [1.29, 1.82) is 0 Å². The predicted molar refractivity (Wildman–Crippen MR) is 108 cm³/mol. The van der Waals surface area contributed by atoms with Crippen molar-refractivity contribution in [1.82, 2.24) is 4.57 Å². The summed E-state index contributed by atoms with van der Waals surface area (Å²) in [6.07, 6.45) is 0. The van der Waals surface area contributed by atoms with Gasteiger partial charge in [-0.1, -0.05) is 0 Å². The first-order valence-electron chi connectivity index (χ1n) is 8.62. The van der Waals surface area contributed by atoms with Gasteiger partial charge in [0.25, 0.3) is 0 Å². The van der Waals surface area contributed by atoms with Gasteiger partial charge in [0.05, 0.1) is 0 Å². The molecule has 2 heteroatoms. The molecule has 0 aliphatic carbocycles. The van der Waals surface area contributed by atoms with Crippen LogP contribution in [0.4, 0.5) is 0 Å². The summed E-state index contributed by atoms with van der Waals surface area (Å²) < 4.78 is 3.99. The van der Waals surface area contributed by atoms with Crippen molar-refractivity contribution in [3.63, 3.8) is 0 Å². The fourth-order valence-electron chi connectivity index (χ4n) is 3.41. The van der Waals surface area contributed by atoms with Crippen LogP contribution in [-0.2, 0) is 0 Å². The minimum absolute atomic E-state index is 0.376. The Hall–Kier alpha value is -2.28. The summed E-state index contributed by atoms with van der Waals surface area (Å²) in [5.41, 5.74) is 4.06. The van der Waals surface area contributed by atoms with E-state index in [2.05, 4.69) is 102 Å². The van der Waals surface area contributed by atoms with Crippen LogP contribution in [-0.4, -0.2) is 19.5 Å². The molecule has 0 aliphatic rings. The molecule has 4 aromatic rings. The van der Waals surface area contributed by atoms with Gasteiger partial charge in [0.15, 0.2) is 0 Å². The molecule has 1 atom stereocenters. The Kier molecular flexibility index (Phi) is 4.74. The van der Waals surface area contributed by atoms with E-state index in [1.54, 1.807) is 0 Å². The third-order valence-electron chi connectivity index (χ3n) is 4.59. The Bertz CT molecular complexity index is 957. The van der Waals surface area contributed by atoms with Crippen LogP contribution in [0.25, 0.3) is 10.9 Å². The molecule has 4 rings (SSSR count). The van der Waals surface area contributed by atoms with Crippen molar-refractivity contribution < 1.29 is 0 Å². The Morgan fingerprint density at radius 3 is 2.20 bits per heavy atom. The van der Waals surface area contributed by atoms with Gasteiger partial charge in [-0.2, -0.15) is 0 Å². The molecule has 1 heterocycles. The van der Waals surface area contributed by atoms with Crippen LogP contribution in [0.1, 0.15) is 17.3 Å². The monoisotopic (exact) mass is 391 g/mol. The normalized spacial score (nSPS) is 12.4. The van der Waals surface area contributed by atoms with Crippen LogP contribution in [0, 0.1) is 6.92 Å². The number of nitrogens with zero attached hydrogens (tertiary/aromatic N) is 1. The van der Waals surface area contributed by atoms with Gasteiger partial charge in [-0.25, -0.2) is 0 Å². The molecule has 0 saturated carbocycles. The van der Waals surface area contributed by atoms with Crippen LogP contribution in [0.3, 0.4) is 0 Å². The molecule has 0 saturated heterocycles. The first-order valence-corrected chi connectivity index (χ1v) is 10.7. The van der Waals surface area contributed by atoms with Crippen molar-refractivity contribution in [3.05, 3.63) is 102 Å². The fraction of sp³-hybridized carbons (Fsp3) is 0.130. The molecule has 1 nitrogen and oxygen atoms in total. The third-order valence-corrected chi connectivity index (χ3v) is 6.87. The summed E-state index contributed by atoms with van der Waals surface area (Å²) in [5, 5.41) is 2.48. The molecule has 1 aromatic heterocycles. The summed E-state index contributed by atoms with van der Waals surface area (Å²) in [4.78, 5) is 0. The Morgan fingerprint density at radius 1 is 0.800 bits per heavy atom. The van der Waals surface area contributed by atoms with Gasteiger partial charge in [-0.15, -0.1) is 0 Å². The number of aromatic nitrogens is 1. The molecule has 0 bridgehead atoms. The van der Waals surface area contributed by atoms with Gasteiger partial charge in [0, 0.05) is 0 Å². The fourth-order valence-corrected chi connectivity index (χ4v) is 5.60. The van der Waals surface area contributed by atoms with E-state index in [4.69, 9.17) is 0 Å². The number of benzene rings is 3. The van der Waals surface area contributed by atoms with Crippen LogP contribution in [0.5, 0.6) is 0 Å². The average Bonchev–Trinajstić information content (AvgIpc) is 3.00. The summed E-state index contributed by atoms with van der Waals surface area (Å²) in [5.74, 6) is 0. The van der Waals surface area contributed by atoms with Gasteiger partial charge >= 0.3 is 155 Å². The Morgan fingerprint density at radius 2 is 1.44 bits per heavy atom. The van der Waals surface area contributed by atoms with Crippen molar-refractivity contribution in [2.75, 3.05) is 0 Å². The van der Waals surface area contributed by atoms with Crippen molar-refractivity contribution in [2.24, 2.45) is 0 Å². The maximum absolute atomic E-state index is 2.52. The molecule has 0 amide bonds. The second-order valence-electron chi connectivity index (χ2n) is 6.27. The van der Waals surface area contributed by atoms with Gasteiger partial charge in [-0.05, 0) is 0 Å². The Balaban J connectivity index is 1.76. The van der Waals surface area contributed by atoms with Gasteiger partial charge in [0.2, 0.25) is 0 Å². The zero-order chi connectivity index (χ0) is 17.1. The average molecular weight is 390 g/mol. The number of aryl methyl sites for hydroxylation is 1. The molecule has 0 fully saturated rings. The SMILES string of the molecule is Cc1cc2ccccc2n1C(C[Se]c1ccccc1)c1ccccc1. The minimum atomic E-state index is 0.376. The quantitative estimate of drug-likeness (QED) is 0.423. The number of fused-ring (bicyclic) bond motifs is 1. The molecule has 0 spiro atoms. The number of hydrogen-bond donors (Lipinski definition) is 0. The second kappa shape index (κ2) is 7.31. The van der Waals surface area contributed by atoms with E-state index in [-0.39, 0.29) is 0 Å². The Labute approximate surface area is 155 Å². The summed E-state index contributed by atoms with van der Waals surface area (Å²) in [6.45, 7) is 2.23. The van der Waals surface area contributed by atoms with Gasteiger partial charge < -0.3 is 0 Å². The molecule has 124 valence electrons. The van der Waals surface area contributed by atoms with E-state index in [1.807, 2.05) is 0 Å². The summed E-state index contributed by atoms with van der Waals surface area (Å²) >= 11 is 0.444. The topological polar surface area (TPSA) is 4.93 Å². The molecule has 0 N–H and O–H groups in total. The van der Waals surface area contributed by atoms with E-state index in [0.717, 1.165) is 5.32 Å². The molecule has 0 radical (unpaired) electrons. The predicted octanol–water partition coefficient (Wildman–Crippen LogP) is 4.99. The first kappa shape index (κ1) is 16.2. The summed E-state index contributed by atoms with van der Waals surface area (Å²) in [6, 6.07) is 33.2. The van der Waals surface area contributed by atoms with Crippen LogP contribution >= 0.6 is 0 Å². The van der Waals surface area contributed by atoms with Gasteiger partial charge in [-0.3, -0.25) is 0 Å². The molecule has 3 aromatic carbocycles. The van der Waals surface area contributed by atoms with Crippen molar-refractivity contribution in [2.45, 2.75) is 18.3 Å². The number of para-hydroxylation sites is 1. The number of hydrogen-bond acceptors (Lipinski definition) is 0. The van der Waals surface area contributed by atoms with E-state index < -0.39 is 0 Å². The standard InChI is InChI=1S/C23H21NSe/c1-18-16-20-12-8-9-15-22(20)24(18)23(19-10-4-2-5-11-19)17-25-21-13-6-3-7-14-21/h2-16,23H,17H2,1H3.